The Hall–Kier alpha value is -0.810. The van der Waals surface area contributed by atoms with Gasteiger partial charge in [0.25, 0.3) is 5.91 Å². The molecule has 5 heteroatoms. The molecule has 1 N–H and O–H groups in total. The van der Waals surface area contributed by atoms with Gasteiger partial charge in [-0.05, 0) is 48.6 Å². The summed E-state index contributed by atoms with van der Waals surface area (Å²) in [4.78, 5) is 26.1. The van der Waals surface area contributed by atoms with Gasteiger partial charge in [-0.2, -0.15) is 0 Å². The second-order valence-electron chi connectivity index (χ2n) is 7.35. The minimum atomic E-state index is -0.293. The first-order chi connectivity index (χ1) is 10.3. The molecular weight excluding hydrogens is 314 g/mol. The Bertz CT molecular complexity index is 600. The second-order valence-corrected chi connectivity index (χ2v) is 9.58. The molecule has 0 aromatic carbocycles. The number of carbonyl (C=O) groups excluding carboxylic acids is 2. The first kappa shape index (κ1) is 16.1. The molecule has 1 fully saturated rings. The van der Waals surface area contributed by atoms with Crippen LogP contribution in [0.15, 0.2) is 6.07 Å². The lowest BCUT2D eigenvalue weighted by molar-refractivity contribution is -0.112. The molecule has 1 aromatic rings. The smallest absolute Gasteiger partial charge is 0.261 e. The highest BCUT2D eigenvalue weighted by atomic mass is 32.2. The van der Waals surface area contributed by atoms with E-state index < -0.39 is 0 Å². The van der Waals surface area contributed by atoms with Gasteiger partial charge in [-0.1, -0.05) is 32.5 Å². The summed E-state index contributed by atoms with van der Waals surface area (Å²) in [6.45, 7) is 6.89. The minimum absolute atomic E-state index is 0.0763. The van der Waals surface area contributed by atoms with Gasteiger partial charge in [-0.25, -0.2) is 0 Å². The standard InChI is InChI=1S/C17H23NO2S2/c1-17(2,3)11-4-5-13-10(8-11)9-14(22-13)15(19)18-12-6-7-21-16(12)20/h9,11-12H,4-8H2,1-3H3,(H,18,19)/t11-,12+/m1/s1. The van der Waals surface area contributed by atoms with Crippen molar-refractivity contribution in [3.05, 3.63) is 21.4 Å². The van der Waals surface area contributed by atoms with Crippen LogP contribution in [0.1, 0.15) is 53.7 Å². The number of hydrogen-bond donors (Lipinski definition) is 1. The van der Waals surface area contributed by atoms with Crippen molar-refractivity contribution in [2.75, 3.05) is 5.75 Å². The molecule has 1 aliphatic carbocycles. The second kappa shape index (κ2) is 6.00. The summed E-state index contributed by atoms with van der Waals surface area (Å²) in [5.74, 6) is 1.42. The van der Waals surface area contributed by atoms with E-state index in [1.165, 1.54) is 28.6 Å². The van der Waals surface area contributed by atoms with Crippen LogP contribution >= 0.6 is 23.1 Å². The Balaban J connectivity index is 1.71. The number of thiophene rings is 1. The van der Waals surface area contributed by atoms with Crippen molar-refractivity contribution in [2.45, 2.75) is 52.5 Å². The number of aryl methyl sites for hydroxylation is 1. The highest BCUT2D eigenvalue weighted by molar-refractivity contribution is 8.14. The van der Waals surface area contributed by atoms with Crippen LogP contribution in [0.5, 0.6) is 0 Å². The molecule has 120 valence electrons. The lowest BCUT2D eigenvalue weighted by Gasteiger charge is -2.33. The lowest BCUT2D eigenvalue weighted by Crippen LogP contribution is -2.36. The van der Waals surface area contributed by atoms with Crippen molar-refractivity contribution < 1.29 is 9.59 Å². The average molecular weight is 338 g/mol. The van der Waals surface area contributed by atoms with E-state index >= 15 is 0 Å². The fourth-order valence-corrected chi connectivity index (χ4v) is 5.28. The molecule has 1 amide bonds. The van der Waals surface area contributed by atoms with E-state index in [0.29, 0.717) is 11.3 Å². The van der Waals surface area contributed by atoms with Crippen LogP contribution in [0.2, 0.25) is 0 Å². The number of rotatable bonds is 2. The monoisotopic (exact) mass is 337 g/mol. The van der Waals surface area contributed by atoms with E-state index in [1.807, 2.05) is 0 Å². The summed E-state index contributed by atoms with van der Waals surface area (Å²) in [7, 11) is 0. The Morgan fingerprint density at radius 2 is 2.09 bits per heavy atom. The summed E-state index contributed by atoms with van der Waals surface area (Å²) in [6.07, 6.45) is 4.11. The molecule has 0 radical (unpaired) electrons. The zero-order chi connectivity index (χ0) is 15.9. The summed E-state index contributed by atoms with van der Waals surface area (Å²) in [5, 5.41) is 3.00. The van der Waals surface area contributed by atoms with Crippen LogP contribution in [-0.4, -0.2) is 22.8 Å². The molecular formula is C17H23NO2S2. The van der Waals surface area contributed by atoms with E-state index in [2.05, 4.69) is 32.2 Å². The van der Waals surface area contributed by atoms with Crippen LogP contribution < -0.4 is 5.32 Å². The number of fused-ring (bicyclic) bond motifs is 1. The molecule has 2 atom stereocenters. The van der Waals surface area contributed by atoms with Gasteiger partial charge in [0.15, 0.2) is 0 Å². The van der Waals surface area contributed by atoms with Crippen molar-refractivity contribution in [1.29, 1.82) is 0 Å². The van der Waals surface area contributed by atoms with Gasteiger partial charge >= 0.3 is 0 Å². The highest BCUT2D eigenvalue weighted by Gasteiger charge is 2.31. The maximum absolute atomic E-state index is 12.4. The van der Waals surface area contributed by atoms with Gasteiger partial charge in [0.2, 0.25) is 5.12 Å². The third-order valence-electron chi connectivity index (χ3n) is 4.77. The van der Waals surface area contributed by atoms with Crippen molar-refractivity contribution in [3.63, 3.8) is 0 Å². The molecule has 3 rings (SSSR count). The number of carbonyl (C=O) groups is 2. The van der Waals surface area contributed by atoms with Gasteiger partial charge in [0.1, 0.15) is 0 Å². The number of thioether (sulfide) groups is 1. The molecule has 2 aliphatic rings. The van der Waals surface area contributed by atoms with Gasteiger partial charge in [-0.3, -0.25) is 9.59 Å². The van der Waals surface area contributed by atoms with Gasteiger partial charge in [0.05, 0.1) is 10.9 Å². The van der Waals surface area contributed by atoms with Crippen LogP contribution in [0, 0.1) is 11.3 Å². The normalized spacial score (nSPS) is 25.1. The first-order valence-electron chi connectivity index (χ1n) is 7.93. The molecule has 3 nitrogen and oxygen atoms in total. The van der Waals surface area contributed by atoms with Crippen LogP contribution in [0.25, 0.3) is 0 Å². The molecule has 1 aliphatic heterocycles. The number of hydrogen-bond acceptors (Lipinski definition) is 4. The zero-order valence-corrected chi connectivity index (χ0v) is 15.0. The number of amides is 1. The molecule has 0 saturated carbocycles. The molecule has 0 spiro atoms. The largest absolute Gasteiger partial charge is 0.341 e. The molecule has 0 unspecified atom stereocenters. The maximum Gasteiger partial charge on any atom is 0.261 e. The fraction of sp³-hybridized carbons (Fsp3) is 0.647. The van der Waals surface area contributed by atoms with Crippen LogP contribution in [-0.2, 0) is 17.6 Å². The average Bonchev–Trinajstić information content (AvgIpc) is 3.03. The maximum atomic E-state index is 12.4. The summed E-state index contributed by atoms with van der Waals surface area (Å²) < 4.78 is 0. The van der Waals surface area contributed by atoms with Crippen LogP contribution in [0.4, 0.5) is 0 Å². The third kappa shape index (κ3) is 3.25. The Labute approximate surface area is 140 Å². The van der Waals surface area contributed by atoms with Crippen molar-refractivity contribution >= 4 is 34.1 Å². The zero-order valence-electron chi connectivity index (χ0n) is 13.4. The van der Waals surface area contributed by atoms with E-state index in [9.17, 15) is 9.59 Å². The van der Waals surface area contributed by atoms with Crippen molar-refractivity contribution in [3.8, 4) is 0 Å². The molecule has 1 saturated heterocycles. The van der Waals surface area contributed by atoms with E-state index in [1.54, 1.807) is 11.3 Å². The molecule has 0 bridgehead atoms. The lowest BCUT2D eigenvalue weighted by atomic mass is 9.72. The first-order valence-corrected chi connectivity index (χ1v) is 9.74. The number of nitrogens with one attached hydrogen (secondary N) is 1. The van der Waals surface area contributed by atoms with E-state index in [4.69, 9.17) is 0 Å². The summed E-state index contributed by atoms with van der Waals surface area (Å²) >= 11 is 2.93. The Morgan fingerprint density at radius 3 is 2.73 bits per heavy atom. The SMILES string of the molecule is CC(C)(C)[C@@H]1CCc2sc(C(=O)N[C@H]3CCSC3=O)cc2C1. The Morgan fingerprint density at radius 1 is 1.32 bits per heavy atom. The quantitative estimate of drug-likeness (QED) is 0.896. The van der Waals surface area contributed by atoms with E-state index in [0.717, 1.165) is 29.9 Å². The van der Waals surface area contributed by atoms with Gasteiger partial charge in [-0.15, -0.1) is 11.3 Å². The van der Waals surface area contributed by atoms with Crippen molar-refractivity contribution in [1.82, 2.24) is 5.32 Å². The van der Waals surface area contributed by atoms with E-state index in [-0.39, 0.29) is 17.1 Å². The molecule has 1 aromatic heterocycles. The highest BCUT2D eigenvalue weighted by Crippen LogP contribution is 2.40. The topological polar surface area (TPSA) is 46.2 Å². The molecule has 2 heterocycles. The molecule has 22 heavy (non-hydrogen) atoms. The predicted molar refractivity (Wildman–Crippen MR) is 92.6 cm³/mol. The fourth-order valence-electron chi connectivity index (χ4n) is 3.23. The third-order valence-corrected chi connectivity index (χ3v) is 7.02. The summed E-state index contributed by atoms with van der Waals surface area (Å²) in [5.41, 5.74) is 1.66. The van der Waals surface area contributed by atoms with Crippen LogP contribution in [0.3, 0.4) is 0 Å². The summed E-state index contributed by atoms with van der Waals surface area (Å²) in [6, 6.07) is 1.76. The minimum Gasteiger partial charge on any atom is -0.341 e. The van der Waals surface area contributed by atoms with Gasteiger partial charge in [0, 0.05) is 10.6 Å². The Kier molecular flexibility index (Phi) is 4.38. The predicted octanol–water partition coefficient (Wildman–Crippen LogP) is 3.66. The van der Waals surface area contributed by atoms with Crippen molar-refractivity contribution in [2.24, 2.45) is 11.3 Å². The van der Waals surface area contributed by atoms with Gasteiger partial charge < -0.3 is 5.32 Å².